The zero-order valence-corrected chi connectivity index (χ0v) is 15.1. The molecule has 0 saturated heterocycles. The molecule has 0 unspecified atom stereocenters. The van der Waals surface area contributed by atoms with Crippen LogP contribution in [0.4, 0.5) is 13.2 Å². The highest BCUT2D eigenvalue weighted by Crippen LogP contribution is 2.39. The number of ether oxygens (including phenoxy) is 2. The Kier molecular flexibility index (Phi) is 5.51. The number of rotatable bonds is 5. The number of halogens is 4. The molecule has 1 heterocycles. The minimum atomic E-state index is -1.07. The van der Waals surface area contributed by atoms with Crippen LogP contribution in [0.3, 0.4) is 0 Å². The Balaban J connectivity index is 2.35. The zero-order valence-electron chi connectivity index (χ0n) is 14.4. The molecular weight excluding hydrogens is 381 g/mol. The Labute approximate surface area is 158 Å². The maximum Gasteiger partial charge on any atom is 0.136 e. The van der Waals surface area contributed by atoms with Gasteiger partial charge in [0.15, 0.2) is 0 Å². The average molecular weight is 395 g/mol. The van der Waals surface area contributed by atoms with Crippen LogP contribution >= 0.6 is 11.6 Å². The molecule has 0 saturated carbocycles. The first-order valence-corrected chi connectivity index (χ1v) is 8.30. The number of alkyl halides is 1. The molecule has 0 aliphatic heterocycles. The Hall–Kier alpha value is -2.80. The third-order valence-corrected chi connectivity index (χ3v) is 4.22. The van der Waals surface area contributed by atoms with Gasteiger partial charge in [-0.15, -0.1) is 11.6 Å². The molecule has 3 aromatic rings. The molecule has 0 N–H and O–H groups in total. The normalized spacial score (nSPS) is 10.7. The van der Waals surface area contributed by atoms with Gasteiger partial charge in [-0.1, -0.05) is 0 Å². The lowest BCUT2D eigenvalue weighted by Gasteiger charge is -2.15. The number of benzene rings is 2. The smallest absolute Gasteiger partial charge is 0.136 e. The summed E-state index contributed by atoms with van der Waals surface area (Å²) in [6, 6.07) is 6.17. The van der Waals surface area contributed by atoms with Crippen molar-refractivity contribution >= 4 is 11.6 Å². The van der Waals surface area contributed by atoms with E-state index in [1.807, 2.05) is 0 Å². The van der Waals surface area contributed by atoms with Crippen molar-refractivity contribution in [1.29, 1.82) is 0 Å². The number of methoxy groups -OCH3 is 2. The maximum absolute atomic E-state index is 14.5. The largest absolute Gasteiger partial charge is 0.497 e. The predicted octanol–water partition coefficient (Wildman–Crippen LogP) is 4.98. The van der Waals surface area contributed by atoms with E-state index < -0.39 is 23.0 Å². The molecule has 0 aliphatic carbocycles. The molecule has 27 heavy (non-hydrogen) atoms. The van der Waals surface area contributed by atoms with Crippen LogP contribution in [-0.2, 0) is 5.88 Å². The minimum Gasteiger partial charge on any atom is -0.497 e. The summed E-state index contributed by atoms with van der Waals surface area (Å²) in [4.78, 5) is 0. The van der Waals surface area contributed by atoms with Gasteiger partial charge in [0.05, 0.1) is 37.6 Å². The van der Waals surface area contributed by atoms with Crippen molar-refractivity contribution in [3.8, 4) is 33.8 Å². The summed E-state index contributed by atoms with van der Waals surface area (Å²) in [6.45, 7) is 0. The predicted molar refractivity (Wildman–Crippen MR) is 95.4 cm³/mol. The van der Waals surface area contributed by atoms with Gasteiger partial charge in [-0.25, -0.2) is 13.2 Å². The van der Waals surface area contributed by atoms with Crippen LogP contribution in [-0.4, -0.2) is 24.4 Å². The lowest BCUT2D eigenvalue weighted by Crippen LogP contribution is -2.02. The molecule has 0 fully saturated rings. The molecule has 0 bridgehead atoms. The number of hydrogen-bond acceptors (Lipinski definition) is 4. The third kappa shape index (κ3) is 3.68. The topological polar surface area (TPSA) is 44.2 Å². The molecule has 140 valence electrons. The Morgan fingerprint density at radius 1 is 0.889 bits per heavy atom. The van der Waals surface area contributed by atoms with Crippen molar-refractivity contribution in [3.05, 3.63) is 59.7 Å². The molecule has 0 radical (unpaired) electrons. The molecule has 3 rings (SSSR count). The average Bonchev–Trinajstić information content (AvgIpc) is 2.66. The van der Waals surface area contributed by atoms with Crippen molar-refractivity contribution in [2.24, 2.45) is 0 Å². The quantitative estimate of drug-likeness (QED) is 0.572. The van der Waals surface area contributed by atoms with Crippen molar-refractivity contribution < 1.29 is 22.6 Å². The summed E-state index contributed by atoms with van der Waals surface area (Å²) in [5, 5.41) is 7.75. The molecule has 8 heteroatoms. The van der Waals surface area contributed by atoms with Crippen LogP contribution in [0.25, 0.3) is 22.3 Å². The zero-order chi connectivity index (χ0) is 19.6. The molecule has 0 aliphatic rings. The molecule has 4 nitrogen and oxygen atoms in total. The van der Waals surface area contributed by atoms with Crippen molar-refractivity contribution in [2.45, 2.75) is 5.88 Å². The van der Waals surface area contributed by atoms with Crippen LogP contribution in [0.2, 0.25) is 0 Å². The first-order valence-electron chi connectivity index (χ1n) is 7.77. The van der Waals surface area contributed by atoms with Crippen LogP contribution in [0.5, 0.6) is 11.5 Å². The van der Waals surface area contributed by atoms with E-state index >= 15 is 0 Å². The van der Waals surface area contributed by atoms with Gasteiger partial charge in [0.2, 0.25) is 0 Å². The van der Waals surface area contributed by atoms with Gasteiger partial charge in [-0.2, -0.15) is 10.2 Å². The molecule has 0 spiro atoms. The molecule has 1 aromatic heterocycles. The van der Waals surface area contributed by atoms with Crippen LogP contribution in [0.15, 0.2) is 36.5 Å². The summed E-state index contributed by atoms with van der Waals surface area (Å²) in [5.41, 5.74) is 0.678. The highest BCUT2D eigenvalue weighted by molar-refractivity contribution is 6.17. The second-order valence-corrected chi connectivity index (χ2v) is 5.83. The fourth-order valence-corrected chi connectivity index (χ4v) is 2.95. The fourth-order valence-electron chi connectivity index (χ4n) is 2.76. The monoisotopic (exact) mass is 394 g/mol. The van der Waals surface area contributed by atoms with Crippen LogP contribution < -0.4 is 9.47 Å². The van der Waals surface area contributed by atoms with E-state index in [0.29, 0.717) is 34.8 Å². The van der Waals surface area contributed by atoms with E-state index in [1.165, 1.54) is 20.4 Å². The van der Waals surface area contributed by atoms with Crippen molar-refractivity contribution in [1.82, 2.24) is 10.2 Å². The Morgan fingerprint density at radius 2 is 1.48 bits per heavy atom. The Bertz CT molecular complexity index is 953. The standard InChI is InChI=1S/C19H14ClF3N2O2/c1-26-12-3-10(4-13(7-12)27-2)14-9-24-25-17(8-20)18(14)19-15(22)5-11(21)6-16(19)23/h3-7,9H,8H2,1-2H3. The number of nitrogens with zero attached hydrogens (tertiary/aromatic N) is 2. The van der Waals surface area contributed by atoms with Crippen molar-refractivity contribution in [3.63, 3.8) is 0 Å². The van der Waals surface area contributed by atoms with Gasteiger partial charge in [0, 0.05) is 29.3 Å². The van der Waals surface area contributed by atoms with Crippen molar-refractivity contribution in [2.75, 3.05) is 14.2 Å². The third-order valence-electron chi connectivity index (χ3n) is 3.97. The van der Waals surface area contributed by atoms with Crippen LogP contribution in [0, 0.1) is 17.5 Å². The van der Waals surface area contributed by atoms with Crippen LogP contribution in [0.1, 0.15) is 5.69 Å². The second kappa shape index (κ2) is 7.84. The lowest BCUT2D eigenvalue weighted by molar-refractivity contribution is 0.394. The van der Waals surface area contributed by atoms with Gasteiger partial charge < -0.3 is 9.47 Å². The van der Waals surface area contributed by atoms with E-state index in [2.05, 4.69) is 10.2 Å². The number of hydrogen-bond donors (Lipinski definition) is 0. The summed E-state index contributed by atoms with van der Waals surface area (Å²) in [5.74, 6) is -2.36. The number of aromatic nitrogens is 2. The SMILES string of the molecule is COc1cc(OC)cc(-c2cnnc(CCl)c2-c2c(F)cc(F)cc2F)c1. The first kappa shape index (κ1) is 19.0. The van der Waals surface area contributed by atoms with Gasteiger partial charge in [0.25, 0.3) is 0 Å². The van der Waals surface area contributed by atoms with E-state index in [4.69, 9.17) is 21.1 Å². The molecular formula is C19H14ClF3N2O2. The first-order chi connectivity index (χ1) is 13.0. The van der Waals surface area contributed by atoms with Gasteiger partial charge in [-0.05, 0) is 17.7 Å². The van der Waals surface area contributed by atoms with Gasteiger partial charge >= 0.3 is 0 Å². The minimum absolute atomic E-state index is 0.0882. The fraction of sp³-hybridized carbons (Fsp3) is 0.158. The van der Waals surface area contributed by atoms with E-state index in [0.717, 1.165) is 0 Å². The highest BCUT2D eigenvalue weighted by atomic mass is 35.5. The molecule has 0 amide bonds. The second-order valence-electron chi connectivity index (χ2n) is 5.56. The maximum atomic E-state index is 14.5. The summed E-state index contributed by atoms with van der Waals surface area (Å²) in [6.07, 6.45) is 1.35. The van der Waals surface area contributed by atoms with Gasteiger partial charge in [0.1, 0.15) is 29.0 Å². The van der Waals surface area contributed by atoms with E-state index in [1.54, 1.807) is 18.2 Å². The highest BCUT2D eigenvalue weighted by Gasteiger charge is 2.22. The van der Waals surface area contributed by atoms with E-state index in [9.17, 15) is 13.2 Å². The molecule has 0 atom stereocenters. The van der Waals surface area contributed by atoms with E-state index in [-0.39, 0.29) is 17.1 Å². The van der Waals surface area contributed by atoms with Gasteiger partial charge in [-0.3, -0.25) is 0 Å². The summed E-state index contributed by atoms with van der Waals surface area (Å²) in [7, 11) is 2.96. The Morgan fingerprint density at radius 3 is 2.00 bits per heavy atom. The summed E-state index contributed by atoms with van der Waals surface area (Å²) < 4.78 is 52.8. The molecule has 2 aromatic carbocycles. The summed E-state index contributed by atoms with van der Waals surface area (Å²) >= 11 is 5.92. The lowest BCUT2D eigenvalue weighted by atomic mass is 9.94.